The summed E-state index contributed by atoms with van der Waals surface area (Å²) in [6.07, 6.45) is 3.67. The number of hydrogen-bond donors (Lipinski definition) is 1. The summed E-state index contributed by atoms with van der Waals surface area (Å²) in [5.41, 5.74) is 1.76. The second kappa shape index (κ2) is 9.77. The van der Waals surface area contributed by atoms with E-state index in [1.54, 1.807) is 4.90 Å². The number of amides is 3. The number of carbonyl (C=O) groups excluding carboxylic acids is 3. The zero-order valence-electron chi connectivity index (χ0n) is 18.5. The maximum absolute atomic E-state index is 13.0. The van der Waals surface area contributed by atoms with E-state index in [-0.39, 0.29) is 27.7 Å². The minimum atomic E-state index is -0.392. The number of piperidine rings is 2. The number of nitrogens with zero attached hydrogens (tertiary/aromatic N) is 4. The number of aryl methyl sites for hydroxylation is 1. The fraction of sp³-hybridized carbons (Fsp3) is 0.522. The standard InChI is InChI=1S/C23H29N5O3S/c1-15-5-7-18(8-6-15)24-19(29)20-25-26-21(32-20)23(31)28-11-3-4-17(14-28)22(30)27-12-9-16(2)10-13-27/h5-8,16-17H,3-4,9-14H2,1-2H3,(H,24,29)/t17-/m1/s1. The number of nitrogens with one attached hydrogen (secondary N) is 1. The van der Waals surface area contributed by atoms with E-state index in [1.165, 1.54) is 0 Å². The summed E-state index contributed by atoms with van der Waals surface area (Å²) < 4.78 is 0. The lowest BCUT2D eigenvalue weighted by atomic mass is 9.93. The number of likely N-dealkylation sites (tertiary alicyclic amines) is 2. The van der Waals surface area contributed by atoms with Crippen LogP contribution in [0.3, 0.4) is 0 Å². The number of carbonyl (C=O) groups is 3. The van der Waals surface area contributed by atoms with Crippen LogP contribution in [0.2, 0.25) is 0 Å². The number of aromatic nitrogens is 2. The van der Waals surface area contributed by atoms with Crippen LogP contribution in [-0.2, 0) is 4.79 Å². The van der Waals surface area contributed by atoms with Crippen molar-refractivity contribution >= 4 is 34.7 Å². The molecular formula is C23H29N5O3S. The van der Waals surface area contributed by atoms with Gasteiger partial charge in [-0.3, -0.25) is 14.4 Å². The molecule has 3 amide bonds. The van der Waals surface area contributed by atoms with E-state index in [4.69, 9.17) is 0 Å². The molecule has 2 fully saturated rings. The van der Waals surface area contributed by atoms with Gasteiger partial charge in [0.05, 0.1) is 5.92 Å². The van der Waals surface area contributed by atoms with Crippen molar-refractivity contribution < 1.29 is 14.4 Å². The third kappa shape index (κ3) is 5.15. The fourth-order valence-corrected chi connectivity index (χ4v) is 4.92. The highest BCUT2D eigenvalue weighted by atomic mass is 32.1. The molecule has 2 aliphatic rings. The summed E-state index contributed by atoms with van der Waals surface area (Å²) in [6.45, 7) is 6.79. The molecule has 0 saturated carbocycles. The predicted octanol–water partition coefficient (Wildman–Crippen LogP) is 3.21. The lowest BCUT2D eigenvalue weighted by Gasteiger charge is -2.37. The lowest BCUT2D eigenvalue weighted by molar-refractivity contribution is -0.138. The van der Waals surface area contributed by atoms with Crippen LogP contribution in [0, 0.1) is 18.8 Å². The first-order valence-electron chi connectivity index (χ1n) is 11.2. The number of benzene rings is 1. The summed E-state index contributed by atoms with van der Waals surface area (Å²) >= 11 is 0.982. The topological polar surface area (TPSA) is 95.5 Å². The molecular weight excluding hydrogens is 426 g/mol. The second-order valence-electron chi connectivity index (χ2n) is 8.83. The molecule has 8 nitrogen and oxygen atoms in total. The molecule has 1 aromatic carbocycles. The predicted molar refractivity (Wildman–Crippen MR) is 123 cm³/mol. The number of anilines is 1. The number of hydrogen-bond acceptors (Lipinski definition) is 6. The number of rotatable bonds is 4. The molecule has 2 aromatic rings. The Morgan fingerprint density at radius 2 is 1.66 bits per heavy atom. The smallest absolute Gasteiger partial charge is 0.286 e. The summed E-state index contributed by atoms with van der Waals surface area (Å²) in [5.74, 6) is -0.000434. The first-order chi connectivity index (χ1) is 15.4. The molecule has 1 atom stereocenters. The van der Waals surface area contributed by atoms with Crippen molar-refractivity contribution in [2.24, 2.45) is 11.8 Å². The highest BCUT2D eigenvalue weighted by molar-refractivity contribution is 7.15. The first-order valence-corrected chi connectivity index (χ1v) is 12.0. The zero-order valence-corrected chi connectivity index (χ0v) is 19.4. The summed E-state index contributed by atoms with van der Waals surface area (Å²) in [5, 5.41) is 11.0. The van der Waals surface area contributed by atoms with Gasteiger partial charge in [-0.15, -0.1) is 10.2 Å². The molecule has 0 unspecified atom stereocenters. The third-order valence-electron chi connectivity index (χ3n) is 6.26. The van der Waals surface area contributed by atoms with Crippen molar-refractivity contribution in [3.05, 3.63) is 39.8 Å². The Kier molecular flexibility index (Phi) is 6.83. The average Bonchev–Trinajstić information content (AvgIpc) is 3.31. The van der Waals surface area contributed by atoms with Crippen LogP contribution < -0.4 is 5.32 Å². The van der Waals surface area contributed by atoms with E-state index in [9.17, 15) is 14.4 Å². The van der Waals surface area contributed by atoms with Crippen LogP contribution in [0.1, 0.15) is 57.8 Å². The van der Waals surface area contributed by atoms with E-state index in [1.807, 2.05) is 36.1 Å². The molecule has 9 heteroatoms. The van der Waals surface area contributed by atoms with Gasteiger partial charge < -0.3 is 15.1 Å². The van der Waals surface area contributed by atoms with Crippen molar-refractivity contribution in [1.29, 1.82) is 0 Å². The SMILES string of the molecule is Cc1ccc(NC(=O)c2nnc(C(=O)N3CCC[C@@H](C(=O)N4CCC(C)CC4)C3)s2)cc1. The molecule has 32 heavy (non-hydrogen) atoms. The molecule has 2 aliphatic heterocycles. The van der Waals surface area contributed by atoms with E-state index in [2.05, 4.69) is 22.4 Å². The quantitative estimate of drug-likeness (QED) is 0.764. The summed E-state index contributed by atoms with van der Waals surface area (Å²) in [7, 11) is 0. The molecule has 0 spiro atoms. The molecule has 0 radical (unpaired) electrons. The van der Waals surface area contributed by atoms with Gasteiger partial charge >= 0.3 is 0 Å². The van der Waals surface area contributed by atoms with Gasteiger partial charge in [-0.2, -0.15) is 0 Å². The minimum Gasteiger partial charge on any atom is -0.342 e. The zero-order chi connectivity index (χ0) is 22.7. The van der Waals surface area contributed by atoms with Gasteiger partial charge in [0.1, 0.15) is 0 Å². The highest BCUT2D eigenvalue weighted by Crippen LogP contribution is 2.25. The lowest BCUT2D eigenvalue weighted by Crippen LogP contribution is -2.48. The Balaban J connectivity index is 1.36. The first kappa shape index (κ1) is 22.4. The van der Waals surface area contributed by atoms with Gasteiger partial charge in [0.2, 0.25) is 15.9 Å². The summed E-state index contributed by atoms with van der Waals surface area (Å²) in [4.78, 5) is 42.1. The maximum Gasteiger partial charge on any atom is 0.286 e. The molecule has 0 aliphatic carbocycles. The molecule has 170 valence electrons. The normalized spacial score (nSPS) is 19.6. The third-order valence-corrected chi connectivity index (χ3v) is 7.17. The molecule has 1 N–H and O–H groups in total. The van der Waals surface area contributed by atoms with Gasteiger partial charge in [0.25, 0.3) is 11.8 Å². The molecule has 3 heterocycles. The van der Waals surface area contributed by atoms with Gasteiger partial charge in [-0.05, 0) is 50.7 Å². The molecule has 1 aromatic heterocycles. The van der Waals surface area contributed by atoms with Crippen LogP contribution in [0.15, 0.2) is 24.3 Å². The van der Waals surface area contributed by atoms with E-state index in [0.717, 1.165) is 55.7 Å². The van der Waals surface area contributed by atoms with Crippen molar-refractivity contribution in [2.75, 3.05) is 31.5 Å². The Morgan fingerprint density at radius 1 is 0.969 bits per heavy atom. The van der Waals surface area contributed by atoms with Gasteiger partial charge in [0.15, 0.2) is 0 Å². The summed E-state index contributed by atoms with van der Waals surface area (Å²) in [6, 6.07) is 7.44. The van der Waals surface area contributed by atoms with Crippen molar-refractivity contribution in [2.45, 2.75) is 39.5 Å². The van der Waals surface area contributed by atoms with E-state index in [0.29, 0.717) is 24.7 Å². The molecule has 0 bridgehead atoms. The van der Waals surface area contributed by atoms with Crippen LogP contribution in [-0.4, -0.2) is 63.9 Å². The van der Waals surface area contributed by atoms with Crippen LogP contribution in [0.5, 0.6) is 0 Å². The van der Waals surface area contributed by atoms with Gasteiger partial charge in [0, 0.05) is 31.9 Å². The van der Waals surface area contributed by atoms with E-state index < -0.39 is 5.91 Å². The Hall–Kier alpha value is -2.81. The van der Waals surface area contributed by atoms with Gasteiger partial charge in [-0.1, -0.05) is 36.0 Å². The Bertz CT molecular complexity index is 982. The van der Waals surface area contributed by atoms with Crippen LogP contribution in [0.4, 0.5) is 5.69 Å². The molecule has 4 rings (SSSR count). The minimum absolute atomic E-state index is 0.140. The monoisotopic (exact) mass is 455 g/mol. The van der Waals surface area contributed by atoms with Crippen LogP contribution >= 0.6 is 11.3 Å². The van der Waals surface area contributed by atoms with Crippen LogP contribution in [0.25, 0.3) is 0 Å². The Labute approximate surface area is 192 Å². The van der Waals surface area contributed by atoms with Crippen molar-refractivity contribution in [3.8, 4) is 0 Å². The van der Waals surface area contributed by atoms with Gasteiger partial charge in [-0.25, -0.2) is 0 Å². The van der Waals surface area contributed by atoms with Crippen molar-refractivity contribution in [3.63, 3.8) is 0 Å². The maximum atomic E-state index is 13.0. The fourth-order valence-electron chi connectivity index (χ4n) is 4.21. The second-order valence-corrected chi connectivity index (χ2v) is 9.81. The largest absolute Gasteiger partial charge is 0.342 e. The molecule has 2 saturated heterocycles. The van der Waals surface area contributed by atoms with E-state index >= 15 is 0 Å². The Morgan fingerprint density at radius 3 is 2.38 bits per heavy atom. The van der Waals surface area contributed by atoms with Crippen molar-refractivity contribution in [1.82, 2.24) is 20.0 Å². The average molecular weight is 456 g/mol. The highest BCUT2D eigenvalue weighted by Gasteiger charge is 2.33.